The summed E-state index contributed by atoms with van der Waals surface area (Å²) in [5, 5.41) is 0.646. The zero-order valence-electron chi connectivity index (χ0n) is 11.7. The molecule has 2 aromatic heterocycles. The summed E-state index contributed by atoms with van der Waals surface area (Å²) in [6.45, 7) is -0.197. The zero-order valence-corrected chi connectivity index (χ0v) is 11.7. The number of nitrogen functional groups attached to an aromatic ring is 1. The first kappa shape index (κ1) is 15.0. The average Bonchev–Trinajstić information content (AvgIpc) is 2.48. The highest BCUT2D eigenvalue weighted by atomic mass is 19.4. The number of pyridine rings is 1. The lowest BCUT2D eigenvalue weighted by Gasteiger charge is -2.11. The van der Waals surface area contributed by atoms with E-state index in [-0.39, 0.29) is 18.2 Å². The molecule has 5 nitrogen and oxygen atoms in total. The Morgan fingerprint density at radius 1 is 1.09 bits per heavy atom. The summed E-state index contributed by atoms with van der Waals surface area (Å²) in [5.41, 5.74) is 4.91. The Morgan fingerprint density at radius 3 is 2.57 bits per heavy atom. The van der Waals surface area contributed by atoms with Crippen molar-refractivity contribution in [2.75, 3.05) is 5.73 Å². The fourth-order valence-corrected chi connectivity index (χ4v) is 2.20. The molecule has 118 valence electrons. The Kier molecular flexibility index (Phi) is 3.51. The summed E-state index contributed by atoms with van der Waals surface area (Å²) >= 11 is 0. The molecule has 23 heavy (non-hydrogen) atoms. The van der Waals surface area contributed by atoms with Crippen LogP contribution < -0.4 is 11.3 Å². The molecule has 0 atom stereocenters. The summed E-state index contributed by atoms with van der Waals surface area (Å²) in [6, 6.07) is 8.60. The summed E-state index contributed by atoms with van der Waals surface area (Å²) < 4.78 is 39.1. The number of para-hydroxylation sites is 1. The van der Waals surface area contributed by atoms with Crippen LogP contribution in [0.2, 0.25) is 0 Å². The predicted molar refractivity (Wildman–Crippen MR) is 78.8 cm³/mol. The van der Waals surface area contributed by atoms with Crippen LogP contribution in [0.5, 0.6) is 0 Å². The van der Waals surface area contributed by atoms with Crippen molar-refractivity contribution in [1.29, 1.82) is 0 Å². The number of anilines is 1. The van der Waals surface area contributed by atoms with Gasteiger partial charge in [-0.2, -0.15) is 13.2 Å². The molecule has 0 amide bonds. The second kappa shape index (κ2) is 5.38. The molecule has 0 radical (unpaired) electrons. The first-order chi connectivity index (χ1) is 10.8. The topological polar surface area (TPSA) is 73.8 Å². The van der Waals surface area contributed by atoms with E-state index in [2.05, 4.69) is 9.97 Å². The molecule has 0 bridgehead atoms. The smallest absolute Gasteiger partial charge is 0.383 e. The van der Waals surface area contributed by atoms with Gasteiger partial charge in [0.1, 0.15) is 5.82 Å². The number of benzene rings is 1. The number of aromatic nitrogens is 3. The SMILES string of the molecule is Nc1nc(Cn2cc(C(F)(F)F)ccc2=O)nc2ccccc12. The molecule has 8 heteroatoms. The van der Waals surface area contributed by atoms with Crippen LogP contribution in [0.4, 0.5) is 19.0 Å². The largest absolute Gasteiger partial charge is 0.417 e. The van der Waals surface area contributed by atoms with Crippen LogP contribution in [0.15, 0.2) is 47.4 Å². The molecule has 0 aliphatic carbocycles. The molecule has 0 unspecified atom stereocenters. The Morgan fingerprint density at radius 2 is 1.83 bits per heavy atom. The van der Waals surface area contributed by atoms with Crippen LogP contribution in [-0.4, -0.2) is 14.5 Å². The van der Waals surface area contributed by atoms with Gasteiger partial charge >= 0.3 is 6.18 Å². The number of nitrogens with zero attached hydrogens (tertiary/aromatic N) is 3. The highest BCUT2D eigenvalue weighted by Crippen LogP contribution is 2.28. The third-order valence-corrected chi connectivity index (χ3v) is 3.30. The molecule has 2 N–H and O–H groups in total. The molecule has 0 saturated heterocycles. The summed E-state index contributed by atoms with van der Waals surface area (Å²) in [4.78, 5) is 20.0. The van der Waals surface area contributed by atoms with E-state index >= 15 is 0 Å². The fraction of sp³-hybridized carbons (Fsp3) is 0.133. The molecule has 0 fully saturated rings. The normalized spacial score (nSPS) is 11.8. The van der Waals surface area contributed by atoms with Crippen LogP contribution in [0.3, 0.4) is 0 Å². The molecule has 0 aliphatic heterocycles. The van der Waals surface area contributed by atoms with Gasteiger partial charge < -0.3 is 10.3 Å². The third kappa shape index (κ3) is 3.01. The van der Waals surface area contributed by atoms with Crippen molar-refractivity contribution in [3.63, 3.8) is 0 Å². The van der Waals surface area contributed by atoms with Crippen molar-refractivity contribution < 1.29 is 13.2 Å². The number of hydrogen-bond donors (Lipinski definition) is 1. The minimum absolute atomic E-state index is 0.169. The fourth-order valence-electron chi connectivity index (χ4n) is 2.20. The lowest BCUT2D eigenvalue weighted by molar-refractivity contribution is -0.138. The van der Waals surface area contributed by atoms with Crippen molar-refractivity contribution in [2.24, 2.45) is 0 Å². The first-order valence-corrected chi connectivity index (χ1v) is 6.63. The third-order valence-electron chi connectivity index (χ3n) is 3.30. The van der Waals surface area contributed by atoms with Gasteiger partial charge in [0.25, 0.3) is 5.56 Å². The van der Waals surface area contributed by atoms with Crippen LogP contribution in [0.25, 0.3) is 10.9 Å². The number of nitrogens with two attached hydrogens (primary N) is 1. The molecular formula is C15H11F3N4O. The lowest BCUT2D eigenvalue weighted by Crippen LogP contribution is -2.23. The van der Waals surface area contributed by atoms with E-state index in [9.17, 15) is 18.0 Å². The van der Waals surface area contributed by atoms with Crippen molar-refractivity contribution >= 4 is 16.7 Å². The standard InChI is InChI=1S/C15H11F3N4O/c16-15(17,18)9-5-6-13(23)22(7-9)8-12-20-11-4-2-1-3-10(11)14(19)21-12/h1-7H,8H2,(H2,19,20,21). The number of fused-ring (bicyclic) bond motifs is 1. The number of alkyl halides is 3. The van der Waals surface area contributed by atoms with Crippen molar-refractivity contribution in [1.82, 2.24) is 14.5 Å². The van der Waals surface area contributed by atoms with E-state index in [0.717, 1.165) is 22.9 Å². The summed E-state index contributed by atoms with van der Waals surface area (Å²) in [7, 11) is 0. The number of halogens is 3. The molecule has 0 spiro atoms. The molecule has 0 aliphatic rings. The van der Waals surface area contributed by atoms with Gasteiger partial charge in [0.15, 0.2) is 5.82 Å². The monoisotopic (exact) mass is 320 g/mol. The highest BCUT2D eigenvalue weighted by Gasteiger charge is 2.31. The van der Waals surface area contributed by atoms with E-state index < -0.39 is 17.3 Å². The minimum Gasteiger partial charge on any atom is -0.383 e. The Labute approximate surface area is 128 Å². The Hall–Kier alpha value is -2.90. The minimum atomic E-state index is -4.53. The van der Waals surface area contributed by atoms with Gasteiger partial charge in [-0.05, 0) is 18.2 Å². The molecule has 2 heterocycles. The molecular weight excluding hydrogens is 309 g/mol. The molecule has 3 rings (SSSR count). The van der Waals surface area contributed by atoms with E-state index in [1.54, 1.807) is 24.3 Å². The maximum absolute atomic E-state index is 12.7. The van der Waals surface area contributed by atoms with Crippen molar-refractivity contribution in [3.8, 4) is 0 Å². The van der Waals surface area contributed by atoms with E-state index in [4.69, 9.17) is 5.73 Å². The summed E-state index contributed by atoms with van der Waals surface area (Å²) in [6.07, 6.45) is -3.78. The summed E-state index contributed by atoms with van der Waals surface area (Å²) in [5.74, 6) is 0.383. The van der Waals surface area contributed by atoms with Gasteiger partial charge in [0.2, 0.25) is 0 Å². The van der Waals surface area contributed by atoms with E-state index in [1.165, 1.54) is 0 Å². The van der Waals surface area contributed by atoms with Crippen LogP contribution in [-0.2, 0) is 12.7 Å². The van der Waals surface area contributed by atoms with Gasteiger partial charge in [0, 0.05) is 17.6 Å². The van der Waals surface area contributed by atoms with Crippen LogP contribution in [0, 0.1) is 0 Å². The van der Waals surface area contributed by atoms with Gasteiger partial charge in [-0.1, -0.05) is 12.1 Å². The van der Waals surface area contributed by atoms with Gasteiger partial charge in [-0.25, -0.2) is 9.97 Å². The van der Waals surface area contributed by atoms with Crippen molar-refractivity contribution in [3.05, 3.63) is 64.3 Å². The quantitative estimate of drug-likeness (QED) is 0.787. The maximum Gasteiger partial charge on any atom is 0.417 e. The predicted octanol–water partition coefficient (Wildman–Crippen LogP) is 2.44. The lowest BCUT2D eigenvalue weighted by atomic mass is 10.2. The highest BCUT2D eigenvalue weighted by molar-refractivity contribution is 5.87. The van der Waals surface area contributed by atoms with Crippen molar-refractivity contribution in [2.45, 2.75) is 12.7 Å². The average molecular weight is 320 g/mol. The van der Waals surface area contributed by atoms with E-state index in [0.29, 0.717) is 10.9 Å². The Balaban J connectivity index is 2.04. The van der Waals surface area contributed by atoms with Gasteiger partial charge in [-0.15, -0.1) is 0 Å². The number of rotatable bonds is 2. The molecule has 3 aromatic rings. The molecule has 0 saturated carbocycles. The maximum atomic E-state index is 12.7. The molecule has 1 aromatic carbocycles. The second-order valence-electron chi connectivity index (χ2n) is 4.92. The number of hydrogen-bond acceptors (Lipinski definition) is 4. The van der Waals surface area contributed by atoms with Gasteiger partial charge in [-0.3, -0.25) is 4.79 Å². The van der Waals surface area contributed by atoms with E-state index in [1.807, 2.05) is 0 Å². The van der Waals surface area contributed by atoms with Gasteiger partial charge in [0.05, 0.1) is 17.6 Å². The zero-order chi connectivity index (χ0) is 16.6. The van der Waals surface area contributed by atoms with Crippen LogP contribution >= 0.6 is 0 Å². The van der Waals surface area contributed by atoms with Crippen LogP contribution in [0.1, 0.15) is 11.4 Å². The Bertz CT molecular complexity index is 934. The second-order valence-corrected chi connectivity index (χ2v) is 4.92. The first-order valence-electron chi connectivity index (χ1n) is 6.63.